The number of halogens is 1. The van der Waals surface area contributed by atoms with Gasteiger partial charge in [0.05, 0.1) is 5.75 Å². The first-order chi connectivity index (χ1) is 8.20. The fourth-order valence-electron chi connectivity index (χ4n) is 2.26. The van der Waals surface area contributed by atoms with E-state index in [1.807, 2.05) is 6.07 Å². The lowest BCUT2D eigenvalue weighted by atomic mass is 10.1. The third-order valence-corrected chi connectivity index (χ3v) is 5.14. The summed E-state index contributed by atoms with van der Waals surface area (Å²) >= 11 is 0. The van der Waals surface area contributed by atoms with Gasteiger partial charge in [0.2, 0.25) is 0 Å². The summed E-state index contributed by atoms with van der Waals surface area (Å²) in [6.45, 7) is 0.336. The Morgan fingerprint density at radius 2 is 2.06 bits per heavy atom. The summed E-state index contributed by atoms with van der Waals surface area (Å²) in [6, 6.07) is 4.97. The zero-order valence-corrected chi connectivity index (χ0v) is 10.6. The number of rotatable bonds is 4. The lowest BCUT2D eigenvalue weighted by molar-refractivity contribution is 0.612. The first-order valence-electron chi connectivity index (χ1n) is 6.05. The second-order valence-electron chi connectivity index (χ2n) is 4.56. The van der Waals surface area contributed by atoms with Crippen LogP contribution in [0.1, 0.15) is 36.8 Å². The summed E-state index contributed by atoms with van der Waals surface area (Å²) in [7, 11) is -0.936. The zero-order valence-electron chi connectivity index (χ0n) is 9.82. The molecule has 0 amide bonds. The standard InChI is InChI=1S/C13H18FNOS/c14-13-7-10(8-15)5-6-11(13)9-17(16)12-3-1-2-4-12/h5-7,12H,1-4,8-9,15H2. The number of hydrogen-bond acceptors (Lipinski definition) is 2. The van der Waals surface area contributed by atoms with Gasteiger partial charge in [-0.15, -0.1) is 0 Å². The second kappa shape index (κ2) is 5.74. The van der Waals surface area contributed by atoms with E-state index in [4.69, 9.17) is 5.73 Å². The van der Waals surface area contributed by atoms with Crippen LogP contribution in [0, 0.1) is 5.82 Å². The molecule has 1 atom stereocenters. The molecule has 0 bridgehead atoms. The maximum absolute atomic E-state index is 13.7. The van der Waals surface area contributed by atoms with Crippen LogP contribution in [0.3, 0.4) is 0 Å². The lowest BCUT2D eigenvalue weighted by Gasteiger charge is -2.10. The highest BCUT2D eigenvalue weighted by molar-refractivity contribution is 7.84. The summed E-state index contributed by atoms with van der Waals surface area (Å²) in [5.74, 6) is 0.0562. The van der Waals surface area contributed by atoms with Gasteiger partial charge < -0.3 is 5.73 Å². The SMILES string of the molecule is NCc1ccc(CS(=O)C2CCCC2)c(F)c1. The minimum absolute atomic E-state index is 0.267. The molecule has 4 heteroatoms. The average Bonchev–Trinajstić information content (AvgIpc) is 2.85. The average molecular weight is 255 g/mol. The maximum Gasteiger partial charge on any atom is 0.127 e. The quantitative estimate of drug-likeness (QED) is 0.898. The van der Waals surface area contributed by atoms with Crippen molar-refractivity contribution < 1.29 is 8.60 Å². The first kappa shape index (κ1) is 12.7. The predicted octanol–water partition coefficient (Wildman–Crippen LogP) is 2.48. The second-order valence-corrected chi connectivity index (χ2v) is 6.28. The van der Waals surface area contributed by atoms with E-state index in [9.17, 15) is 8.60 Å². The highest BCUT2D eigenvalue weighted by Crippen LogP contribution is 2.25. The van der Waals surface area contributed by atoms with Crippen molar-refractivity contribution in [1.82, 2.24) is 0 Å². The molecular formula is C13H18FNOS. The molecule has 2 nitrogen and oxygen atoms in total. The van der Waals surface area contributed by atoms with E-state index in [0.29, 0.717) is 17.9 Å². The van der Waals surface area contributed by atoms with Crippen molar-refractivity contribution in [2.24, 2.45) is 5.73 Å². The topological polar surface area (TPSA) is 43.1 Å². The van der Waals surface area contributed by atoms with Crippen molar-refractivity contribution in [2.45, 2.75) is 43.2 Å². The monoisotopic (exact) mass is 255 g/mol. The van der Waals surface area contributed by atoms with Gasteiger partial charge in [0.15, 0.2) is 0 Å². The van der Waals surface area contributed by atoms with Crippen LogP contribution >= 0.6 is 0 Å². The van der Waals surface area contributed by atoms with E-state index in [-0.39, 0.29) is 11.1 Å². The molecule has 94 valence electrons. The maximum atomic E-state index is 13.7. The Balaban J connectivity index is 2.05. The largest absolute Gasteiger partial charge is 0.326 e. The Hall–Kier alpha value is -0.740. The lowest BCUT2D eigenvalue weighted by Crippen LogP contribution is -2.13. The molecule has 2 rings (SSSR count). The van der Waals surface area contributed by atoms with Gasteiger partial charge in [-0.25, -0.2) is 4.39 Å². The summed E-state index contributed by atoms with van der Waals surface area (Å²) in [6.07, 6.45) is 4.36. The van der Waals surface area contributed by atoms with E-state index < -0.39 is 10.8 Å². The Kier molecular flexibility index (Phi) is 4.29. The van der Waals surface area contributed by atoms with Gasteiger partial charge in [-0.1, -0.05) is 25.0 Å². The van der Waals surface area contributed by atoms with Crippen molar-refractivity contribution in [3.8, 4) is 0 Å². The molecule has 0 saturated heterocycles. The van der Waals surface area contributed by atoms with E-state index >= 15 is 0 Å². The van der Waals surface area contributed by atoms with Crippen molar-refractivity contribution in [2.75, 3.05) is 0 Å². The van der Waals surface area contributed by atoms with E-state index in [0.717, 1.165) is 31.2 Å². The Morgan fingerprint density at radius 3 is 2.65 bits per heavy atom. The van der Waals surface area contributed by atoms with Crippen molar-refractivity contribution in [3.63, 3.8) is 0 Å². The van der Waals surface area contributed by atoms with Crippen LogP contribution < -0.4 is 5.73 Å². The molecule has 1 saturated carbocycles. The van der Waals surface area contributed by atoms with Gasteiger partial charge in [0.25, 0.3) is 0 Å². The van der Waals surface area contributed by atoms with Gasteiger partial charge in [-0.3, -0.25) is 4.21 Å². The Morgan fingerprint density at radius 1 is 1.35 bits per heavy atom. The van der Waals surface area contributed by atoms with Gasteiger partial charge in [-0.2, -0.15) is 0 Å². The molecule has 1 fully saturated rings. The molecule has 1 unspecified atom stereocenters. The minimum Gasteiger partial charge on any atom is -0.326 e. The summed E-state index contributed by atoms with van der Waals surface area (Å²) in [5, 5.41) is 0.267. The van der Waals surface area contributed by atoms with Crippen LogP contribution in [0.4, 0.5) is 4.39 Å². The molecule has 0 aromatic heterocycles. The minimum atomic E-state index is -0.936. The molecule has 0 spiro atoms. The van der Waals surface area contributed by atoms with Gasteiger partial charge >= 0.3 is 0 Å². The van der Waals surface area contributed by atoms with E-state index in [1.54, 1.807) is 6.07 Å². The predicted molar refractivity (Wildman–Crippen MR) is 68.4 cm³/mol. The molecule has 2 N–H and O–H groups in total. The molecular weight excluding hydrogens is 237 g/mol. The van der Waals surface area contributed by atoms with E-state index in [2.05, 4.69) is 0 Å². The number of nitrogens with two attached hydrogens (primary N) is 1. The van der Waals surface area contributed by atoms with Crippen LogP contribution in [0.15, 0.2) is 18.2 Å². The molecule has 0 heterocycles. The molecule has 1 aliphatic rings. The van der Waals surface area contributed by atoms with E-state index in [1.165, 1.54) is 6.07 Å². The highest BCUT2D eigenvalue weighted by atomic mass is 32.2. The smallest absolute Gasteiger partial charge is 0.127 e. The molecule has 1 aromatic rings. The van der Waals surface area contributed by atoms with Gasteiger partial charge in [0.1, 0.15) is 5.82 Å². The molecule has 1 aliphatic carbocycles. The van der Waals surface area contributed by atoms with Gasteiger partial charge in [0, 0.05) is 28.2 Å². The first-order valence-corrected chi connectivity index (χ1v) is 7.43. The Labute approximate surface area is 104 Å². The van der Waals surface area contributed by atoms with Crippen molar-refractivity contribution >= 4 is 10.8 Å². The molecule has 17 heavy (non-hydrogen) atoms. The van der Waals surface area contributed by atoms with Crippen molar-refractivity contribution in [3.05, 3.63) is 35.1 Å². The Bertz CT molecular complexity index is 416. The van der Waals surface area contributed by atoms with Crippen LogP contribution in [0.25, 0.3) is 0 Å². The number of benzene rings is 1. The van der Waals surface area contributed by atoms with Crippen molar-refractivity contribution in [1.29, 1.82) is 0 Å². The molecule has 1 aromatic carbocycles. The molecule has 0 aliphatic heterocycles. The summed E-state index contributed by atoms with van der Waals surface area (Å²) in [4.78, 5) is 0. The number of hydrogen-bond donors (Lipinski definition) is 1. The fraction of sp³-hybridized carbons (Fsp3) is 0.538. The van der Waals surface area contributed by atoms with Crippen LogP contribution in [-0.2, 0) is 23.1 Å². The summed E-state index contributed by atoms with van der Waals surface area (Å²) < 4.78 is 25.7. The third kappa shape index (κ3) is 3.13. The summed E-state index contributed by atoms with van der Waals surface area (Å²) in [5.41, 5.74) is 6.77. The molecule has 0 radical (unpaired) electrons. The fourth-order valence-corrected chi connectivity index (χ4v) is 3.89. The van der Waals surface area contributed by atoms with Crippen LogP contribution in [0.5, 0.6) is 0 Å². The highest BCUT2D eigenvalue weighted by Gasteiger charge is 2.22. The van der Waals surface area contributed by atoms with Crippen LogP contribution in [0.2, 0.25) is 0 Å². The third-order valence-electron chi connectivity index (χ3n) is 3.32. The zero-order chi connectivity index (χ0) is 12.3. The normalized spacial score (nSPS) is 18.5. The van der Waals surface area contributed by atoms with Crippen LogP contribution in [-0.4, -0.2) is 9.46 Å². The van der Waals surface area contributed by atoms with Gasteiger partial charge in [-0.05, 0) is 24.5 Å².